The van der Waals surface area contributed by atoms with Gasteiger partial charge in [0.05, 0.1) is 52.9 Å². The number of carbonyl (C=O) groups excluding carboxylic acids is 1. The third-order valence-corrected chi connectivity index (χ3v) is 5.25. The predicted octanol–water partition coefficient (Wildman–Crippen LogP) is 4.20. The highest BCUT2D eigenvalue weighted by molar-refractivity contribution is 6.22. The van der Waals surface area contributed by atoms with E-state index < -0.39 is 0 Å². The molecule has 7 nitrogen and oxygen atoms in total. The molecule has 0 saturated carbocycles. The molecule has 0 aromatic heterocycles. The highest BCUT2D eigenvalue weighted by Crippen LogP contribution is 2.39. The summed E-state index contributed by atoms with van der Waals surface area (Å²) in [4.78, 5) is 13.0. The summed E-state index contributed by atoms with van der Waals surface area (Å²) in [5.41, 5.74) is 3.04. The number of ether oxygens (including phenoxy) is 6. The average Bonchev–Trinajstić information content (AvgIpc) is 3.13. The number of hydrogen-bond acceptors (Lipinski definition) is 7. The standard InChI is InChI=1S/C25H30Cl2O7/c26-5-7-29-9-11-31-13-15-33-19-1-3-21-22-4-2-20(18-24(22)25(28)23(21)17-19)34-16-14-32-12-10-30-8-6-27/h1-4,17-18H,5-16H2. The molecule has 0 fully saturated rings. The van der Waals surface area contributed by atoms with Gasteiger partial charge in [-0.25, -0.2) is 0 Å². The molecule has 0 amide bonds. The summed E-state index contributed by atoms with van der Waals surface area (Å²) in [7, 11) is 0. The normalized spacial score (nSPS) is 12.0. The summed E-state index contributed by atoms with van der Waals surface area (Å²) >= 11 is 11.1. The van der Waals surface area contributed by atoms with Crippen molar-refractivity contribution in [3.05, 3.63) is 47.5 Å². The fraction of sp³-hybridized carbons (Fsp3) is 0.480. The quantitative estimate of drug-likeness (QED) is 0.187. The fourth-order valence-electron chi connectivity index (χ4n) is 3.41. The second-order valence-corrected chi connectivity index (χ2v) is 8.02. The van der Waals surface area contributed by atoms with Gasteiger partial charge < -0.3 is 28.4 Å². The molecule has 0 aliphatic heterocycles. The van der Waals surface area contributed by atoms with Crippen molar-refractivity contribution in [3.63, 3.8) is 0 Å². The molecular weight excluding hydrogens is 483 g/mol. The third-order valence-electron chi connectivity index (χ3n) is 4.94. The van der Waals surface area contributed by atoms with Crippen LogP contribution >= 0.6 is 23.2 Å². The molecule has 0 unspecified atom stereocenters. The number of alkyl halides is 2. The lowest BCUT2D eigenvalue weighted by atomic mass is 10.1. The average molecular weight is 513 g/mol. The maximum absolute atomic E-state index is 13.0. The monoisotopic (exact) mass is 512 g/mol. The molecule has 0 atom stereocenters. The maximum atomic E-state index is 13.0. The van der Waals surface area contributed by atoms with Gasteiger partial charge in [0, 0.05) is 22.9 Å². The smallest absolute Gasteiger partial charge is 0.194 e. The Kier molecular flexibility index (Phi) is 11.9. The van der Waals surface area contributed by atoms with Crippen molar-refractivity contribution < 1.29 is 33.2 Å². The summed E-state index contributed by atoms with van der Waals surface area (Å²) in [5, 5.41) is 0. The van der Waals surface area contributed by atoms with Crippen LogP contribution in [0.5, 0.6) is 11.5 Å². The predicted molar refractivity (Wildman–Crippen MR) is 131 cm³/mol. The number of fused-ring (bicyclic) bond motifs is 3. The number of halogens is 2. The van der Waals surface area contributed by atoms with Crippen LogP contribution in [0.2, 0.25) is 0 Å². The Morgan fingerprint density at radius 1 is 0.500 bits per heavy atom. The van der Waals surface area contributed by atoms with Gasteiger partial charge in [-0.3, -0.25) is 4.79 Å². The van der Waals surface area contributed by atoms with E-state index in [1.165, 1.54) is 0 Å². The zero-order chi connectivity index (χ0) is 24.0. The van der Waals surface area contributed by atoms with Crippen LogP contribution in [0.4, 0.5) is 0 Å². The van der Waals surface area contributed by atoms with E-state index in [1.54, 1.807) is 12.1 Å². The van der Waals surface area contributed by atoms with E-state index in [0.29, 0.717) is 100 Å². The molecule has 0 heterocycles. The molecule has 1 aliphatic rings. The molecular formula is C25H30Cl2O7. The molecule has 0 N–H and O–H groups in total. The van der Waals surface area contributed by atoms with Gasteiger partial charge in [-0.05, 0) is 47.5 Å². The van der Waals surface area contributed by atoms with Gasteiger partial charge in [-0.15, -0.1) is 23.2 Å². The second-order valence-electron chi connectivity index (χ2n) is 7.27. The summed E-state index contributed by atoms with van der Waals surface area (Å²) in [6.07, 6.45) is 0. The van der Waals surface area contributed by atoms with Crippen LogP contribution in [0.1, 0.15) is 15.9 Å². The topological polar surface area (TPSA) is 72.5 Å². The third kappa shape index (κ3) is 8.12. The van der Waals surface area contributed by atoms with Crippen molar-refractivity contribution in [1.29, 1.82) is 0 Å². The van der Waals surface area contributed by atoms with E-state index in [0.717, 1.165) is 11.1 Å². The minimum Gasteiger partial charge on any atom is -0.491 e. The maximum Gasteiger partial charge on any atom is 0.194 e. The Hall–Kier alpha value is -1.87. The van der Waals surface area contributed by atoms with Crippen molar-refractivity contribution in [2.45, 2.75) is 0 Å². The summed E-state index contributed by atoms with van der Waals surface area (Å²) in [6.45, 7) is 4.63. The van der Waals surface area contributed by atoms with Crippen molar-refractivity contribution >= 4 is 29.0 Å². The number of carbonyl (C=O) groups is 1. The molecule has 1 aliphatic carbocycles. The molecule has 2 aromatic rings. The second kappa shape index (κ2) is 15.2. The summed E-state index contributed by atoms with van der Waals surface area (Å²) in [5.74, 6) is 2.16. The first-order valence-corrected chi connectivity index (χ1v) is 12.3. The van der Waals surface area contributed by atoms with Gasteiger partial charge in [0.2, 0.25) is 0 Å². The van der Waals surface area contributed by atoms with E-state index in [2.05, 4.69) is 0 Å². The summed E-state index contributed by atoms with van der Waals surface area (Å²) in [6, 6.07) is 11.1. The molecule has 9 heteroatoms. The van der Waals surface area contributed by atoms with E-state index in [-0.39, 0.29) is 5.78 Å². The van der Waals surface area contributed by atoms with Crippen LogP contribution in [-0.2, 0) is 18.9 Å². The van der Waals surface area contributed by atoms with Gasteiger partial charge >= 0.3 is 0 Å². The van der Waals surface area contributed by atoms with Crippen LogP contribution in [0, 0.1) is 0 Å². The first-order valence-electron chi connectivity index (χ1n) is 11.3. The molecule has 0 bridgehead atoms. The van der Waals surface area contributed by atoms with Gasteiger partial charge in [0.15, 0.2) is 5.78 Å². The fourth-order valence-corrected chi connectivity index (χ4v) is 3.62. The van der Waals surface area contributed by atoms with E-state index in [1.807, 2.05) is 24.3 Å². The zero-order valence-electron chi connectivity index (χ0n) is 19.1. The van der Waals surface area contributed by atoms with E-state index in [9.17, 15) is 4.79 Å². The van der Waals surface area contributed by atoms with Gasteiger partial charge in [0.1, 0.15) is 24.7 Å². The van der Waals surface area contributed by atoms with Crippen molar-refractivity contribution in [3.8, 4) is 22.6 Å². The SMILES string of the molecule is O=C1c2cc(OCCOCCOCCCl)ccc2-c2ccc(OCCOCCOCCCl)cc21. The molecule has 2 aromatic carbocycles. The van der Waals surface area contributed by atoms with Crippen molar-refractivity contribution in [1.82, 2.24) is 0 Å². The van der Waals surface area contributed by atoms with Crippen LogP contribution in [0.15, 0.2) is 36.4 Å². The molecule has 0 saturated heterocycles. The van der Waals surface area contributed by atoms with Gasteiger partial charge in [0.25, 0.3) is 0 Å². The van der Waals surface area contributed by atoms with Crippen molar-refractivity contribution in [2.24, 2.45) is 0 Å². The molecule has 186 valence electrons. The lowest BCUT2D eigenvalue weighted by molar-refractivity contribution is 0.0410. The minimum absolute atomic E-state index is 0.0405. The Morgan fingerprint density at radius 3 is 1.29 bits per heavy atom. The summed E-state index contributed by atoms with van der Waals surface area (Å²) < 4.78 is 32.9. The van der Waals surface area contributed by atoms with Crippen molar-refractivity contribution in [2.75, 3.05) is 77.8 Å². The lowest BCUT2D eigenvalue weighted by Gasteiger charge is -2.09. The Bertz CT molecular complexity index is 835. The molecule has 34 heavy (non-hydrogen) atoms. The molecule has 3 rings (SSSR count). The number of ketones is 1. The highest BCUT2D eigenvalue weighted by Gasteiger charge is 2.27. The number of rotatable bonds is 18. The molecule has 0 spiro atoms. The lowest BCUT2D eigenvalue weighted by Crippen LogP contribution is -2.11. The minimum atomic E-state index is -0.0405. The Morgan fingerprint density at radius 2 is 0.882 bits per heavy atom. The van der Waals surface area contributed by atoms with Crippen LogP contribution in [0.25, 0.3) is 11.1 Å². The number of benzene rings is 2. The first-order chi connectivity index (χ1) is 16.7. The number of hydrogen-bond donors (Lipinski definition) is 0. The Labute approximate surface area is 210 Å². The van der Waals surface area contributed by atoms with Crippen LogP contribution in [0.3, 0.4) is 0 Å². The van der Waals surface area contributed by atoms with E-state index >= 15 is 0 Å². The van der Waals surface area contributed by atoms with Crippen LogP contribution < -0.4 is 9.47 Å². The van der Waals surface area contributed by atoms with Gasteiger partial charge in [-0.1, -0.05) is 0 Å². The molecule has 0 radical (unpaired) electrons. The van der Waals surface area contributed by atoms with Gasteiger partial charge in [-0.2, -0.15) is 0 Å². The zero-order valence-corrected chi connectivity index (χ0v) is 20.6. The highest BCUT2D eigenvalue weighted by atomic mass is 35.5. The van der Waals surface area contributed by atoms with E-state index in [4.69, 9.17) is 51.6 Å². The van der Waals surface area contributed by atoms with Crippen LogP contribution in [-0.4, -0.2) is 83.6 Å². The first kappa shape index (κ1) is 26.7. The largest absolute Gasteiger partial charge is 0.491 e. The Balaban J connectivity index is 1.43.